The molecule has 0 spiro atoms. The van der Waals surface area contributed by atoms with Gasteiger partial charge in [0.15, 0.2) is 12.0 Å². The van der Waals surface area contributed by atoms with Crippen LogP contribution in [-0.2, 0) is 13.0 Å². The maximum atomic E-state index is 5.45. The zero-order chi connectivity index (χ0) is 16.9. The quantitative estimate of drug-likeness (QED) is 0.619. The first-order chi connectivity index (χ1) is 11.7. The van der Waals surface area contributed by atoms with E-state index in [1.165, 1.54) is 6.39 Å². The van der Waals surface area contributed by atoms with E-state index in [9.17, 15) is 0 Å². The molecule has 0 radical (unpaired) electrons. The minimum absolute atomic E-state index is 0.725. The standard InChI is InChI=1S/C18H19BrN2O3/c1-22-16-9-14(19)17(23-2)8-12(16)6-7-20-10-13-4-3-5-15-18(13)24-11-21-15/h3-5,8-9,11,20H,6-7,10H2,1-2H3. The summed E-state index contributed by atoms with van der Waals surface area (Å²) in [5.74, 6) is 1.65. The molecule has 0 aliphatic carbocycles. The second-order valence-electron chi connectivity index (χ2n) is 5.34. The fraction of sp³-hybridized carbons (Fsp3) is 0.278. The summed E-state index contributed by atoms with van der Waals surface area (Å²) in [6.07, 6.45) is 2.31. The molecule has 0 atom stereocenters. The maximum Gasteiger partial charge on any atom is 0.181 e. The van der Waals surface area contributed by atoms with Crippen molar-refractivity contribution >= 4 is 27.0 Å². The van der Waals surface area contributed by atoms with Crippen molar-refractivity contribution in [2.45, 2.75) is 13.0 Å². The molecule has 3 aromatic rings. The molecule has 0 fully saturated rings. The first kappa shape index (κ1) is 16.8. The zero-order valence-corrected chi connectivity index (χ0v) is 15.2. The molecular weight excluding hydrogens is 372 g/mol. The Bertz CT molecular complexity index is 832. The Kier molecular flexibility index (Phi) is 5.37. The molecule has 0 bridgehead atoms. The van der Waals surface area contributed by atoms with Gasteiger partial charge in [-0.2, -0.15) is 0 Å². The molecule has 0 aliphatic heterocycles. The Labute approximate surface area is 149 Å². The monoisotopic (exact) mass is 390 g/mol. The predicted molar refractivity (Wildman–Crippen MR) is 96.7 cm³/mol. The van der Waals surface area contributed by atoms with Gasteiger partial charge in [-0.15, -0.1) is 0 Å². The number of rotatable bonds is 7. The average Bonchev–Trinajstić information content (AvgIpc) is 3.08. The number of aromatic nitrogens is 1. The Morgan fingerprint density at radius 3 is 2.75 bits per heavy atom. The number of nitrogens with one attached hydrogen (secondary N) is 1. The van der Waals surface area contributed by atoms with Gasteiger partial charge in [-0.1, -0.05) is 12.1 Å². The fourth-order valence-corrected chi connectivity index (χ4v) is 3.13. The number of oxazole rings is 1. The molecule has 0 aliphatic rings. The maximum absolute atomic E-state index is 5.45. The molecule has 1 heterocycles. The summed E-state index contributed by atoms with van der Waals surface area (Å²) in [6, 6.07) is 9.92. The number of nitrogens with zero attached hydrogens (tertiary/aromatic N) is 1. The molecule has 2 aromatic carbocycles. The molecule has 1 aromatic heterocycles. The number of hydrogen-bond donors (Lipinski definition) is 1. The molecule has 24 heavy (non-hydrogen) atoms. The van der Waals surface area contributed by atoms with Gasteiger partial charge >= 0.3 is 0 Å². The molecule has 0 saturated heterocycles. The van der Waals surface area contributed by atoms with E-state index in [1.54, 1.807) is 14.2 Å². The average molecular weight is 391 g/mol. The molecule has 5 nitrogen and oxygen atoms in total. The van der Waals surface area contributed by atoms with Crippen LogP contribution in [0.5, 0.6) is 11.5 Å². The molecule has 126 valence electrons. The zero-order valence-electron chi connectivity index (χ0n) is 13.6. The fourth-order valence-electron chi connectivity index (χ4n) is 2.65. The van der Waals surface area contributed by atoms with Gasteiger partial charge in [-0.05, 0) is 52.7 Å². The Morgan fingerprint density at radius 2 is 1.96 bits per heavy atom. The summed E-state index contributed by atoms with van der Waals surface area (Å²) < 4.78 is 17.1. The highest BCUT2D eigenvalue weighted by Gasteiger charge is 2.10. The second kappa shape index (κ2) is 7.68. The summed E-state index contributed by atoms with van der Waals surface area (Å²) in [6.45, 7) is 1.54. The van der Waals surface area contributed by atoms with Crippen LogP contribution in [0.1, 0.15) is 11.1 Å². The summed E-state index contributed by atoms with van der Waals surface area (Å²) in [5, 5.41) is 3.44. The topological polar surface area (TPSA) is 56.5 Å². The highest BCUT2D eigenvalue weighted by atomic mass is 79.9. The number of halogens is 1. The van der Waals surface area contributed by atoms with Crippen LogP contribution in [0.25, 0.3) is 11.1 Å². The summed E-state index contributed by atoms with van der Waals surface area (Å²) in [7, 11) is 3.34. The van der Waals surface area contributed by atoms with E-state index in [2.05, 4.69) is 26.2 Å². The molecule has 0 amide bonds. The number of benzene rings is 2. The summed E-state index contributed by atoms with van der Waals surface area (Å²) >= 11 is 3.48. The summed E-state index contributed by atoms with van der Waals surface area (Å²) in [5.41, 5.74) is 3.93. The van der Waals surface area contributed by atoms with E-state index in [0.29, 0.717) is 0 Å². The van der Waals surface area contributed by atoms with Crippen molar-refractivity contribution in [2.24, 2.45) is 0 Å². The molecule has 0 unspecified atom stereocenters. The van der Waals surface area contributed by atoms with Crippen LogP contribution in [0.15, 0.2) is 45.6 Å². The van der Waals surface area contributed by atoms with Gasteiger partial charge < -0.3 is 19.2 Å². The largest absolute Gasteiger partial charge is 0.496 e. The Hall–Kier alpha value is -2.05. The van der Waals surface area contributed by atoms with E-state index in [1.807, 2.05) is 30.3 Å². The smallest absolute Gasteiger partial charge is 0.181 e. The van der Waals surface area contributed by atoms with E-state index in [-0.39, 0.29) is 0 Å². The minimum Gasteiger partial charge on any atom is -0.496 e. The normalized spacial score (nSPS) is 11.0. The van der Waals surface area contributed by atoms with Gasteiger partial charge in [0.05, 0.1) is 18.7 Å². The third kappa shape index (κ3) is 3.55. The van der Waals surface area contributed by atoms with E-state index < -0.39 is 0 Å². The number of hydrogen-bond acceptors (Lipinski definition) is 5. The number of methoxy groups -OCH3 is 2. The molecule has 3 rings (SSSR count). The molecular formula is C18H19BrN2O3. The van der Waals surface area contributed by atoms with Crippen LogP contribution in [0.3, 0.4) is 0 Å². The first-order valence-corrected chi connectivity index (χ1v) is 8.44. The van der Waals surface area contributed by atoms with Crippen LogP contribution in [0.4, 0.5) is 0 Å². The Morgan fingerprint density at radius 1 is 1.12 bits per heavy atom. The van der Waals surface area contributed by atoms with Crippen molar-refractivity contribution in [3.63, 3.8) is 0 Å². The molecule has 0 saturated carbocycles. The number of ether oxygens (including phenoxy) is 2. The first-order valence-electron chi connectivity index (χ1n) is 7.65. The Balaban J connectivity index is 1.63. The van der Waals surface area contributed by atoms with Crippen molar-refractivity contribution in [3.8, 4) is 11.5 Å². The second-order valence-corrected chi connectivity index (χ2v) is 6.20. The predicted octanol–water partition coefficient (Wildman–Crippen LogP) is 3.94. The van der Waals surface area contributed by atoms with Crippen molar-refractivity contribution in [1.29, 1.82) is 0 Å². The molecule has 1 N–H and O–H groups in total. The van der Waals surface area contributed by atoms with E-state index >= 15 is 0 Å². The van der Waals surface area contributed by atoms with Crippen molar-refractivity contribution in [2.75, 3.05) is 20.8 Å². The van der Waals surface area contributed by atoms with Crippen LogP contribution in [-0.4, -0.2) is 25.7 Å². The van der Waals surface area contributed by atoms with Gasteiger partial charge in [-0.25, -0.2) is 4.98 Å². The lowest BCUT2D eigenvalue weighted by atomic mass is 10.1. The minimum atomic E-state index is 0.725. The van der Waals surface area contributed by atoms with Crippen molar-refractivity contribution < 1.29 is 13.9 Å². The van der Waals surface area contributed by atoms with Crippen LogP contribution >= 0.6 is 15.9 Å². The van der Waals surface area contributed by atoms with Gasteiger partial charge in [0.1, 0.15) is 17.0 Å². The third-order valence-corrected chi connectivity index (χ3v) is 4.50. The molecule has 6 heteroatoms. The van der Waals surface area contributed by atoms with Gasteiger partial charge in [0.25, 0.3) is 0 Å². The summed E-state index contributed by atoms with van der Waals surface area (Å²) in [4.78, 5) is 4.18. The van der Waals surface area contributed by atoms with Crippen molar-refractivity contribution in [3.05, 3.63) is 52.3 Å². The SMILES string of the molecule is COc1cc(CCNCc2cccc3ncoc23)c(OC)cc1Br. The lowest BCUT2D eigenvalue weighted by Gasteiger charge is -2.13. The van der Waals surface area contributed by atoms with E-state index in [0.717, 1.165) is 57.7 Å². The van der Waals surface area contributed by atoms with E-state index in [4.69, 9.17) is 13.9 Å². The van der Waals surface area contributed by atoms with Gasteiger partial charge in [-0.3, -0.25) is 0 Å². The highest BCUT2D eigenvalue weighted by Crippen LogP contribution is 2.32. The number of fused-ring (bicyclic) bond motifs is 1. The van der Waals surface area contributed by atoms with Crippen LogP contribution < -0.4 is 14.8 Å². The third-order valence-electron chi connectivity index (χ3n) is 3.88. The lowest BCUT2D eigenvalue weighted by molar-refractivity contribution is 0.396. The number of para-hydroxylation sites is 1. The van der Waals surface area contributed by atoms with Crippen molar-refractivity contribution in [1.82, 2.24) is 10.3 Å². The van der Waals surface area contributed by atoms with Gasteiger partial charge in [0, 0.05) is 12.1 Å². The van der Waals surface area contributed by atoms with Crippen LogP contribution in [0.2, 0.25) is 0 Å². The van der Waals surface area contributed by atoms with Gasteiger partial charge in [0.2, 0.25) is 0 Å². The highest BCUT2D eigenvalue weighted by molar-refractivity contribution is 9.10. The lowest BCUT2D eigenvalue weighted by Crippen LogP contribution is -2.17. The van der Waals surface area contributed by atoms with Crippen LogP contribution in [0, 0.1) is 0 Å².